The number of fused-ring (bicyclic) bond motifs is 4. The fraction of sp³-hybridized carbons (Fsp3) is 0.500. The largest absolute Gasteiger partial charge is 0.340 e. The van der Waals surface area contributed by atoms with Gasteiger partial charge in [-0.2, -0.15) is 0 Å². The van der Waals surface area contributed by atoms with E-state index < -0.39 is 0 Å². The Labute approximate surface area is 197 Å². The quantitative estimate of drug-likeness (QED) is 0.646. The van der Waals surface area contributed by atoms with Gasteiger partial charge in [0.15, 0.2) is 0 Å². The van der Waals surface area contributed by atoms with Gasteiger partial charge < -0.3 is 9.88 Å². The highest BCUT2D eigenvalue weighted by atomic mass is 32.1. The summed E-state index contributed by atoms with van der Waals surface area (Å²) in [6.07, 6.45) is 8.49. The zero-order valence-corrected chi connectivity index (χ0v) is 19.8. The summed E-state index contributed by atoms with van der Waals surface area (Å²) >= 11 is 1.70. The molecule has 0 saturated carbocycles. The van der Waals surface area contributed by atoms with Crippen molar-refractivity contribution in [2.24, 2.45) is 0 Å². The van der Waals surface area contributed by atoms with Gasteiger partial charge >= 0.3 is 0 Å². The average Bonchev–Trinajstić information content (AvgIpc) is 3.43. The van der Waals surface area contributed by atoms with Gasteiger partial charge in [-0.25, -0.2) is 4.98 Å². The van der Waals surface area contributed by atoms with Crippen LogP contribution in [-0.4, -0.2) is 51.9 Å². The second-order valence-electron chi connectivity index (χ2n) is 9.69. The maximum atomic E-state index is 12.9. The lowest BCUT2D eigenvalue weighted by molar-refractivity contribution is -0.132. The summed E-state index contributed by atoms with van der Waals surface area (Å²) in [5, 5.41) is 0.820. The Balaban J connectivity index is 1.08. The first-order chi connectivity index (χ1) is 16.1. The normalized spacial score (nSPS) is 18.5. The molecule has 3 heterocycles. The molecule has 33 heavy (non-hydrogen) atoms. The molecule has 6 nitrogen and oxygen atoms in total. The van der Waals surface area contributed by atoms with E-state index in [0.717, 1.165) is 73.5 Å². The number of amides is 1. The van der Waals surface area contributed by atoms with Crippen LogP contribution in [0.15, 0.2) is 23.0 Å². The van der Waals surface area contributed by atoms with Crippen molar-refractivity contribution in [1.82, 2.24) is 19.8 Å². The maximum Gasteiger partial charge on any atom is 0.259 e. The van der Waals surface area contributed by atoms with Crippen LogP contribution in [0.25, 0.3) is 10.2 Å². The van der Waals surface area contributed by atoms with E-state index in [2.05, 4.69) is 28.1 Å². The minimum Gasteiger partial charge on any atom is -0.340 e. The van der Waals surface area contributed by atoms with Crippen LogP contribution in [0.1, 0.15) is 52.2 Å². The van der Waals surface area contributed by atoms with Gasteiger partial charge in [0.05, 0.1) is 18.4 Å². The van der Waals surface area contributed by atoms with Crippen LogP contribution in [0.2, 0.25) is 0 Å². The summed E-state index contributed by atoms with van der Waals surface area (Å²) in [6.45, 7) is 3.69. The Morgan fingerprint density at radius 2 is 1.82 bits per heavy atom. The summed E-state index contributed by atoms with van der Waals surface area (Å²) in [4.78, 5) is 40.0. The highest BCUT2D eigenvalue weighted by Gasteiger charge is 2.24. The highest BCUT2D eigenvalue weighted by Crippen LogP contribution is 2.33. The molecule has 1 aromatic carbocycles. The van der Waals surface area contributed by atoms with Gasteiger partial charge in [0.1, 0.15) is 10.7 Å². The molecule has 3 aliphatic rings. The van der Waals surface area contributed by atoms with Crippen molar-refractivity contribution >= 4 is 27.5 Å². The lowest BCUT2D eigenvalue weighted by Gasteiger charge is -2.34. The summed E-state index contributed by atoms with van der Waals surface area (Å²) < 4.78 is 0. The summed E-state index contributed by atoms with van der Waals surface area (Å²) in [5.41, 5.74) is 5.26. The van der Waals surface area contributed by atoms with Crippen LogP contribution >= 0.6 is 11.3 Å². The number of carbonyl (C=O) groups excluding carboxylic acids is 1. The van der Waals surface area contributed by atoms with Crippen molar-refractivity contribution in [2.75, 3.05) is 26.2 Å². The molecular formula is C26H30N4O2S. The molecule has 0 atom stereocenters. The highest BCUT2D eigenvalue weighted by molar-refractivity contribution is 7.18. The standard InChI is InChI=1S/C26H30N4O2S/c31-23(15-17-8-9-18-4-3-5-19(18)14-17)30-12-10-29(11-13-30)16-22-27-25(32)24-20-6-1-2-7-21(20)33-26(24)28-22/h8-9,14H,1-7,10-13,15-16H2,(H,27,28,32). The summed E-state index contributed by atoms with van der Waals surface area (Å²) in [5.74, 6) is 0.953. The third kappa shape index (κ3) is 4.13. The van der Waals surface area contributed by atoms with E-state index in [0.29, 0.717) is 13.0 Å². The molecule has 1 fully saturated rings. The van der Waals surface area contributed by atoms with Gasteiger partial charge in [-0.3, -0.25) is 14.5 Å². The number of nitrogens with zero attached hydrogens (tertiary/aromatic N) is 3. The Bertz CT molecular complexity index is 1270. The number of aromatic amines is 1. The molecule has 0 unspecified atom stereocenters. The molecule has 1 aliphatic heterocycles. The number of thiophene rings is 1. The van der Waals surface area contributed by atoms with Crippen molar-refractivity contribution in [3.63, 3.8) is 0 Å². The van der Waals surface area contributed by atoms with Gasteiger partial charge in [0, 0.05) is 31.1 Å². The molecule has 1 amide bonds. The summed E-state index contributed by atoms with van der Waals surface area (Å²) in [7, 11) is 0. The molecule has 172 valence electrons. The Morgan fingerprint density at radius 1 is 1.00 bits per heavy atom. The van der Waals surface area contributed by atoms with Crippen LogP contribution in [0.3, 0.4) is 0 Å². The molecule has 2 aromatic heterocycles. The number of nitrogens with one attached hydrogen (secondary N) is 1. The number of aromatic nitrogens is 2. The third-order valence-electron chi connectivity index (χ3n) is 7.49. The molecular weight excluding hydrogens is 432 g/mol. The molecule has 0 radical (unpaired) electrons. The van der Waals surface area contributed by atoms with E-state index in [1.807, 2.05) is 4.90 Å². The molecule has 0 spiro atoms. The first-order valence-corrected chi connectivity index (χ1v) is 13.1. The number of rotatable bonds is 4. The number of hydrogen-bond acceptors (Lipinski definition) is 5. The first-order valence-electron chi connectivity index (χ1n) is 12.3. The fourth-order valence-electron chi connectivity index (χ4n) is 5.67. The molecule has 1 N–H and O–H groups in total. The maximum absolute atomic E-state index is 12.9. The molecule has 6 rings (SSSR count). The summed E-state index contributed by atoms with van der Waals surface area (Å²) in [6, 6.07) is 6.56. The van der Waals surface area contributed by atoms with E-state index in [-0.39, 0.29) is 11.5 Å². The zero-order chi connectivity index (χ0) is 22.4. The van der Waals surface area contributed by atoms with Gasteiger partial charge in [0.25, 0.3) is 5.56 Å². The predicted octanol–water partition coefficient (Wildman–Crippen LogP) is 3.24. The number of carbonyl (C=O) groups is 1. The number of aryl methyl sites for hydroxylation is 4. The van der Waals surface area contributed by atoms with E-state index >= 15 is 0 Å². The Hall–Kier alpha value is -2.51. The minimum absolute atomic E-state index is 0.0116. The topological polar surface area (TPSA) is 69.3 Å². The molecule has 0 bridgehead atoms. The van der Waals surface area contributed by atoms with Crippen LogP contribution in [0.4, 0.5) is 0 Å². The van der Waals surface area contributed by atoms with Gasteiger partial charge in [0.2, 0.25) is 5.91 Å². The number of hydrogen-bond donors (Lipinski definition) is 1. The Morgan fingerprint density at radius 3 is 2.70 bits per heavy atom. The molecule has 1 saturated heterocycles. The minimum atomic E-state index is 0.0116. The third-order valence-corrected chi connectivity index (χ3v) is 8.68. The van der Waals surface area contributed by atoms with Crippen molar-refractivity contribution in [3.8, 4) is 0 Å². The van der Waals surface area contributed by atoms with Crippen LogP contribution in [0, 0.1) is 0 Å². The van der Waals surface area contributed by atoms with Gasteiger partial charge in [-0.15, -0.1) is 11.3 Å². The average molecular weight is 463 g/mol. The molecule has 7 heteroatoms. The van der Waals surface area contributed by atoms with Crippen LogP contribution < -0.4 is 5.56 Å². The first kappa shape index (κ1) is 21.1. The number of H-pyrrole nitrogens is 1. The van der Waals surface area contributed by atoms with Crippen LogP contribution in [0.5, 0.6) is 0 Å². The molecule has 2 aliphatic carbocycles. The number of piperazine rings is 1. The van der Waals surface area contributed by atoms with Crippen molar-refractivity contribution in [3.05, 3.63) is 61.5 Å². The van der Waals surface area contributed by atoms with Crippen molar-refractivity contribution in [2.45, 2.75) is 57.9 Å². The van der Waals surface area contributed by atoms with Crippen molar-refractivity contribution < 1.29 is 4.79 Å². The monoisotopic (exact) mass is 462 g/mol. The van der Waals surface area contributed by atoms with Gasteiger partial charge in [-0.1, -0.05) is 18.2 Å². The second-order valence-corrected chi connectivity index (χ2v) is 10.8. The zero-order valence-electron chi connectivity index (χ0n) is 19.0. The lowest BCUT2D eigenvalue weighted by atomic mass is 9.97. The van der Waals surface area contributed by atoms with E-state index in [9.17, 15) is 9.59 Å². The Kier molecular flexibility index (Phi) is 5.54. The SMILES string of the molecule is O=C(Cc1ccc2c(c1)CCC2)N1CCN(Cc2nc3sc4c(c3c(=O)[nH]2)CCCC4)CC1. The van der Waals surface area contributed by atoms with Crippen LogP contribution in [-0.2, 0) is 43.4 Å². The van der Waals surface area contributed by atoms with E-state index in [1.165, 1.54) is 40.8 Å². The molecule has 3 aromatic rings. The van der Waals surface area contributed by atoms with E-state index in [4.69, 9.17) is 4.98 Å². The fourth-order valence-corrected chi connectivity index (χ4v) is 6.95. The number of benzene rings is 1. The second kappa shape index (κ2) is 8.69. The lowest BCUT2D eigenvalue weighted by Crippen LogP contribution is -2.49. The van der Waals surface area contributed by atoms with Crippen molar-refractivity contribution in [1.29, 1.82) is 0 Å². The van der Waals surface area contributed by atoms with E-state index in [1.54, 1.807) is 11.3 Å². The van der Waals surface area contributed by atoms with Gasteiger partial charge in [-0.05, 0) is 67.2 Å². The smallest absolute Gasteiger partial charge is 0.259 e. The predicted molar refractivity (Wildman–Crippen MR) is 131 cm³/mol.